The smallest absolute Gasteiger partial charge is 0.252 e. The molecule has 1 fully saturated rings. The van der Waals surface area contributed by atoms with Crippen molar-refractivity contribution in [2.75, 3.05) is 24.5 Å². The predicted octanol–water partition coefficient (Wildman–Crippen LogP) is 3.27. The topological polar surface area (TPSA) is 45.2 Å². The number of nitrogens with one attached hydrogen (secondary N) is 1. The van der Waals surface area contributed by atoms with Gasteiger partial charge in [-0.3, -0.25) is 4.79 Å². The second kappa shape index (κ2) is 7.13. The van der Waals surface area contributed by atoms with Gasteiger partial charge >= 0.3 is 0 Å². The molecule has 0 bridgehead atoms. The molecule has 1 aliphatic heterocycles. The van der Waals surface area contributed by atoms with E-state index >= 15 is 0 Å². The van der Waals surface area contributed by atoms with Crippen molar-refractivity contribution < 1.29 is 13.6 Å². The van der Waals surface area contributed by atoms with Crippen LogP contribution in [0, 0.1) is 17.6 Å². The summed E-state index contributed by atoms with van der Waals surface area (Å²) < 4.78 is 26.3. The van der Waals surface area contributed by atoms with Crippen LogP contribution in [0.2, 0.25) is 5.15 Å². The molecule has 1 aromatic carbocycles. The molecule has 24 heavy (non-hydrogen) atoms. The standard InChI is InChI=1S/C17H16ClF2N3O/c18-16-4-1-12(9-21-16)17(24)22-8-11-5-6-23(10-11)13-2-3-14(19)15(20)7-13/h1-4,7,9,11H,5-6,8,10H2,(H,22,24). The van der Waals surface area contributed by atoms with Gasteiger partial charge in [-0.15, -0.1) is 0 Å². The van der Waals surface area contributed by atoms with E-state index in [1.165, 1.54) is 12.3 Å². The Morgan fingerprint density at radius 3 is 2.83 bits per heavy atom. The third-order valence-electron chi connectivity index (χ3n) is 4.10. The Bertz CT molecular complexity index is 739. The van der Waals surface area contributed by atoms with Gasteiger partial charge in [0.2, 0.25) is 0 Å². The molecule has 0 aliphatic carbocycles. The van der Waals surface area contributed by atoms with Crippen LogP contribution in [-0.4, -0.2) is 30.5 Å². The number of hydrogen-bond acceptors (Lipinski definition) is 3. The first-order chi connectivity index (χ1) is 11.5. The number of rotatable bonds is 4. The van der Waals surface area contributed by atoms with Gasteiger partial charge in [0.15, 0.2) is 11.6 Å². The van der Waals surface area contributed by atoms with Crippen LogP contribution in [0.5, 0.6) is 0 Å². The van der Waals surface area contributed by atoms with E-state index in [0.717, 1.165) is 19.0 Å². The maximum atomic E-state index is 13.3. The Labute approximate surface area is 143 Å². The predicted molar refractivity (Wildman–Crippen MR) is 88.3 cm³/mol. The van der Waals surface area contributed by atoms with E-state index < -0.39 is 11.6 Å². The molecule has 4 nitrogen and oxygen atoms in total. The number of anilines is 1. The van der Waals surface area contributed by atoms with E-state index in [0.29, 0.717) is 29.5 Å². The van der Waals surface area contributed by atoms with Gasteiger partial charge in [-0.2, -0.15) is 0 Å². The maximum absolute atomic E-state index is 13.3. The summed E-state index contributed by atoms with van der Waals surface area (Å²) in [5, 5.41) is 3.21. The lowest BCUT2D eigenvalue weighted by Crippen LogP contribution is -2.31. The summed E-state index contributed by atoms with van der Waals surface area (Å²) in [5.41, 5.74) is 1.11. The van der Waals surface area contributed by atoms with E-state index in [-0.39, 0.29) is 11.8 Å². The van der Waals surface area contributed by atoms with Gasteiger partial charge in [-0.1, -0.05) is 11.6 Å². The third kappa shape index (κ3) is 3.82. The minimum absolute atomic E-state index is 0.203. The molecular formula is C17H16ClF2N3O. The lowest BCUT2D eigenvalue weighted by molar-refractivity contribution is 0.0948. The van der Waals surface area contributed by atoms with Crippen molar-refractivity contribution in [3.63, 3.8) is 0 Å². The molecule has 1 saturated heterocycles. The highest BCUT2D eigenvalue weighted by atomic mass is 35.5. The van der Waals surface area contributed by atoms with E-state index in [2.05, 4.69) is 10.3 Å². The monoisotopic (exact) mass is 351 g/mol. The summed E-state index contributed by atoms with van der Waals surface area (Å²) in [6, 6.07) is 7.09. The molecule has 0 saturated carbocycles. The highest BCUT2D eigenvalue weighted by Gasteiger charge is 2.24. The molecule has 1 atom stereocenters. The number of benzene rings is 1. The number of carbonyl (C=O) groups excluding carboxylic acids is 1. The average Bonchev–Trinajstić information content (AvgIpc) is 3.05. The molecular weight excluding hydrogens is 336 g/mol. The number of hydrogen-bond donors (Lipinski definition) is 1. The van der Waals surface area contributed by atoms with Crippen molar-refractivity contribution >= 4 is 23.2 Å². The normalized spacial score (nSPS) is 17.1. The summed E-state index contributed by atoms with van der Waals surface area (Å²) in [4.78, 5) is 17.9. The van der Waals surface area contributed by atoms with E-state index in [9.17, 15) is 13.6 Å². The average molecular weight is 352 g/mol. The molecule has 7 heteroatoms. The van der Waals surface area contributed by atoms with Crippen LogP contribution in [0.1, 0.15) is 16.8 Å². The van der Waals surface area contributed by atoms with Crippen molar-refractivity contribution in [1.29, 1.82) is 0 Å². The van der Waals surface area contributed by atoms with Crippen LogP contribution in [0.4, 0.5) is 14.5 Å². The molecule has 1 aromatic heterocycles. The molecule has 1 unspecified atom stereocenters. The molecule has 126 valence electrons. The summed E-state index contributed by atoms with van der Waals surface area (Å²) >= 11 is 5.69. The first-order valence-electron chi connectivity index (χ1n) is 7.62. The van der Waals surface area contributed by atoms with Gasteiger partial charge in [0.25, 0.3) is 5.91 Å². The van der Waals surface area contributed by atoms with Crippen molar-refractivity contribution in [3.05, 3.63) is 58.9 Å². The lowest BCUT2D eigenvalue weighted by Gasteiger charge is -2.19. The second-order valence-electron chi connectivity index (χ2n) is 5.78. The van der Waals surface area contributed by atoms with Crippen LogP contribution < -0.4 is 10.2 Å². The molecule has 1 N–H and O–H groups in total. The van der Waals surface area contributed by atoms with Crippen LogP contribution >= 0.6 is 11.6 Å². The molecule has 1 aliphatic rings. The molecule has 0 radical (unpaired) electrons. The quantitative estimate of drug-likeness (QED) is 0.860. The van der Waals surface area contributed by atoms with Crippen LogP contribution in [0.15, 0.2) is 36.5 Å². The first kappa shape index (κ1) is 16.6. The van der Waals surface area contributed by atoms with Gasteiger partial charge in [0, 0.05) is 37.6 Å². The molecule has 1 amide bonds. The Morgan fingerprint density at radius 2 is 2.12 bits per heavy atom. The van der Waals surface area contributed by atoms with Gasteiger partial charge in [0.1, 0.15) is 5.15 Å². The van der Waals surface area contributed by atoms with Gasteiger partial charge in [0.05, 0.1) is 5.56 Å². The minimum atomic E-state index is -0.849. The van der Waals surface area contributed by atoms with E-state index in [1.54, 1.807) is 18.2 Å². The van der Waals surface area contributed by atoms with Crippen molar-refractivity contribution in [2.45, 2.75) is 6.42 Å². The van der Waals surface area contributed by atoms with E-state index in [4.69, 9.17) is 11.6 Å². The van der Waals surface area contributed by atoms with Gasteiger partial charge in [-0.25, -0.2) is 13.8 Å². The van der Waals surface area contributed by atoms with E-state index in [1.807, 2.05) is 4.90 Å². The highest BCUT2D eigenvalue weighted by molar-refractivity contribution is 6.29. The third-order valence-corrected chi connectivity index (χ3v) is 4.32. The number of aromatic nitrogens is 1. The second-order valence-corrected chi connectivity index (χ2v) is 6.17. The zero-order chi connectivity index (χ0) is 17.1. The van der Waals surface area contributed by atoms with Crippen molar-refractivity contribution in [1.82, 2.24) is 10.3 Å². The Kier molecular flexibility index (Phi) is 4.94. The largest absolute Gasteiger partial charge is 0.371 e. The SMILES string of the molecule is O=C(NCC1CCN(c2ccc(F)c(F)c2)C1)c1ccc(Cl)nc1. The summed E-state index contributed by atoms with van der Waals surface area (Å²) in [7, 11) is 0. The van der Waals surface area contributed by atoms with Crippen molar-refractivity contribution in [3.8, 4) is 0 Å². The van der Waals surface area contributed by atoms with Crippen molar-refractivity contribution in [2.24, 2.45) is 5.92 Å². The molecule has 2 aromatic rings. The Morgan fingerprint density at radius 1 is 1.29 bits per heavy atom. The van der Waals surface area contributed by atoms with Gasteiger partial charge in [-0.05, 0) is 36.6 Å². The molecule has 2 heterocycles. The maximum Gasteiger partial charge on any atom is 0.252 e. The Balaban J connectivity index is 1.53. The fraction of sp³-hybridized carbons (Fsp3) is 0.294. The zero-order valence-electron chi connectivity index (χ0n) is 12.8. The number of halogens is 3. The summed E-state index contributed by atoms with van der Waals surface area (Å²) in [6.07, 6.45) is 2.30. The first-order valence-corrected chi connectivity index (χ1v) is 8.00. The lowest BCUT2D eigenvalue weighted by atomic mass is 10.1. The minimum Gasteiger partial charge on any atom is -0.371 e. The number of carbonyl (C=O) groups is 1. The number of amides is 1. The summed E-state index contributed by atoms with van der Waals surface area (Å²) in [6.45, 7) is 1.94. The molecule has 3 rings (SSSR count). The van der Waals surface area contributed by atoms with Gasteiger partial charge < -0.3 is 10.2 Å². The molecule has 0 spiro atoms. The fourth-order valence-electron chi connectivity index (χ4n) is 2.76. The Hall–Kier alpha value is -2.21. The highest BCUT2D eigenvalue weighted by Crippen LogP contribution is 2.25. The van der Waals surface area contributed by atoms with Crippen LogP contribution in [0.3, 0.4) is 0 Å². The van der Waals surface area contributed by atoms with Crippen LogP contribution in [-0.2, 0) is 0 Å². The number of pyridine rings is 1. The van der Waals surface area contributed by atoms with Crippen LogP contribution in [0.25, 0.3) is 0 Å². The zero-order valence-corrected chi connectivity index (χ0v) is 13.6. The fourth-order valence-corrected chi connectivity index (χ4v) is 2.88. The number of nitrogens with zero attached hydrogens (tertiary/aromatic N) is 2. The summed E-state index contributed by atoms with van der Waals surface area (Å²) in [5.74, 6) is -1.65.